The average Bonchev–Trinajstić information content (AvgIpc) is 2.38. The van der Waals surface area contributed by atoms with Crippen molar-refractivity contribution < 1.29 is 18.3 Å². The predicted octanol–water partition coefficient (Wildman–Crippen LogP) is 4.71. The van der Waals surface area contributed by atoms with Crippen LogP contribution in [-0.2, 0) is 6.61 Å². The third-order valence-electron chi connectivity index (χ3n) is 2.56. The van der Waals surface area contributed by atoms with Crippen molar-refractivity contribution >= 4 is 15.9 Å². The summed E-state index contributed by atoms with van der Waals surface area (Å²) in [6.45, 7) is 2.51. The van der Waals surface area contributed by atoms with Gasteiger partial charge in [-0.1, -0.05) is 28.1 Å². The molecule has 0 unspecified atom stereocenters. The first kappa shape index (κ1) is 14.8. The average molecular weight is 343 g/mol. The van der Waals surface area contributed by atoms with Crippen molar-refractivity contribution in [2.75, 3.05) is 6.61 Å². The fourth-order valence-electron chi connectivity index (χ4n) is 1.71. The second-order valence-corrected chi connectivity index (χ2v) is 4.98. The van der Waals surface area contributed by atoms with Gasteiger partial charge >= 0.3 is 0 Å². The van der Waals surface area contributed by atoms with E-state index in [-0.39, 0.29) is 12.4 Å². The van der Waals surface area contributed by atoms with Crippen LogP contribution in [0.25, 0.3) is 0 Å². The molecule has 0 bridgehead atoms. The molecule has 0 aliphatic heterocycles. The zero-order valence-corrected chi connectivity index (χ0v) is 12.4. The molecule has 0 amide bonds. The van der Waals surface area contributed by atoms with Crippen molar-refractivity contribution in [1.82, 2.24) is 0 Å². The van der Waals surface area contributed by atoms with Crippen LogP contribution < -0.4 is 9.47 Å². The Morgan fingerprint density at radius 1 is 1.05 bits per heavy atom. The molecule has 2 rings (SSSR count). The van der Waals surface area contributed by atoms with E-state index in [1.165, 1.54) is 0 Å². The van der Waals surface area contributed by atoms with E-state index < -0.39 is 11.6 Å². The van der Waals surface area contributed by atoms with Gasteiger partial charge in [-0.25, -0.2) is 8.78 Å². The van der Waals surface area contributed by atoms with Crippen molar-refractivity contribution in [3.8, 4) is 11.5 Å². The number of hydrogen-bond donors (Lipinski definition) is 0. The number of benzene rings is 2. The van der Waals surface area contributed by atoms with E-state index in [1.54, 1.807) is 18.2 Å². The Balaban J connectivity index is 2.11. The largest absolute Gasteiger partial charge is 0.494 e. The number of hydrogen-bond acceptors (Lipinski definition) is 2. The van der Waals surface area contributed by atoms with Gasteiger partial charge in [-0.2, -0.15) is 0 Å². The van der Waals surface area contributed by atoms with E-state index in [0.717, 1.165) is 17.7 Å². The zero-order valence-electron chi connectivity index (χ0n) is 10.8. The van der Waals surface area contributed by atoms with Gasteiger partial charge in [0.2, 0.25) is 0 Å². The predicted molar refractivity (Wildman–Crippen MR) is 76.0 cm³/mol. The number of rotatable bonds is 5. The molecule has 0 N–H and O–H groups in total. The van der Waals surface area contributed by atoms with Gasteiger partial charge in [-0.15, -0.1) is 0 Å². The summed E-state index contributed by atoms with van der Waals surface area (Å²) in [5.41, 5.74) is 0.776. The molecule has 5 heteroatoms. The van der Waals surface area contributed by atoms with Crippen LogP contribution in [-0.4, -0.2) is 6.61 Å². The lowest BCUT2D eigenvalue weighted by Gasteiger charge is -2.10. The van der Waals surface area contributed by atoms with E-state index in [1.807, 2.05) is 13.0 Å². The summed E-state index contributed by atoms with van der Waals surface area (Å²) in [6.07, 6.45) is 0. The summed E-state index contributed by atoms with van der Waals surface area (Å²) in [6, 6.07) is 9.52. The van der Waals surface area contributed by atoms with E-state index in [9.17, 15) is 8.78 Å². The van der Waals surface area contributed by atoms with Gasteiger partial charge in [0.15, 0.2) is 17.4 Å². The van der Waals surface area contributed by atoms with Crippen LogP contribution in [0.2, 0.25) is 0 Å². The number of halogens is 3. The molecule has 0 spiro atoms. The lowest BCUT2D eigenvalue weighted by atomic mass is 10.2. The van der Waals surface area contributed by atoms with E-state index in [2.05, 4.69) is 15.9 Å². The lowest BCUT2D eigenvalue weighted by Crippen LogP contribution is -2.01. The van der Waals surface area contributed by atoms with E-state index in [0.29, 0.717) is 16.8 Å². The Morgan fingerprint density at radius 3 is 2.40 bits per heavy atom. The fourth-order valence-corrected chi connectivity index (χ4v) is 2.12. The van der Waals surface area contributed by atoms with Gasteiger partial charge in [-0.05, 0) is 36.8 Å². The highest BCUT2D eigenvalue weighted by Crippen LogP contribution is 2.27. The fraction of sp³-hybridized carbons (Fsp3) is 0.200. The van der Waals surface area contributed by atoms with Crippen molar-refractivity contribution in [2.24, 2.45) is 0 Å². The molecule has 0 aliphatic carbocycles. The molecule has 20 heavy (non-hydrogen) atoms. The minimum Gasteiger partial charge on any atom is -0.494 e. The first-order valence-electron chi connectivity index (χ1n) is 6.09. The third kappa shape index (κ3) is 3.70. The summed E-state index contributed by atoms with van der Waals surface area (Å²) >= 11 is 3.02. The third-order valence-corrected chi connectivity index (χ3v) is 3.01. The van der Waals surface area contributed by atoms with Crippen molar-refractivity contribution in [3.63, 3.8) is 0 Å². The Hall–Kier alpha value is -1.62. The Labute approximate surface area is 124 Å². The minimum absolute atomic E-state index is 0.0659. The van der Waals surface area contributed by atoms with Gasteiger partial charge < -0.3 is 9.47 Å². The van der Waals surface area contributed by atoms with Gasteiger partial charge in [0, 0.05) is 4.47 Å². The van der Waals surface area contributed by atoms with Crippen molar-refractivity contribution in [3.05, 3.63) is 58.1 Å². The minimum atomic E-state index is -0.738. The van der Waals surface area contributed by atoms with Crippen LogP contribution >= 0.6 is 15.9 Å². The van der Waals surface area contributed by atoms with E-state index >= 15 is 0 Å². The molecule has 2 aromatic carbocycles. The monoisotopic (exact) mass is 342 g/mol. The second-order valence-electron chi connectivity index (χ2n) is 4.07. The summed E-state index contributed by atoms with van der Waals surface area (Å²) in [5, 5.41) is 0. The van der Waals surface area contributed by atoms with Gasteiger partial charge in [0.05, 0.1) is 6.61 Å². The molecule has 0 heterocycles. The highest BCUT2D eigenvalue weighted by molar-refractivity contribution is 9.10. The van der Waals surface area contributed by atoms with E-state index in [4.69, 9.17) is 9.47 Å². The molecule has 0 aliphatic rings. The summed E-state index contributed by atoms with van der Waals surface area (Å²) in [4.78, 5) is 0. The molecule has 0 atom stereocenters. The maximum Gasteiger partial charge on any atom is 0.191 e. The summed E-state index contributed by atoms with van der Waals surface area (Å²) in [5.74, 6) is -1.16. The van der Waals surface area contributed by atoms with Gasteiger partial charge in [0.1, 0.15) is 12.4 Å². The first-order valence-corrected chi connectivity index (χ1v) is 6.88. The molecule has 0 radical (unpaired) electrons. The maximum absolute atomic E-state index is 13.6. The molecule has 2 aromatic rings. The van der Waals surface area contributed by atoms with Crippen LogP contribution in [0.5, 0.6) is 11.5 Å². The topological polar surface area (TPSA) is 18.5 Å². The highest BCUT2D eigenvalue weighted by atomic mass is 79.9. The van der Waals surface area contributed by atoms with Crippen LogP contribution in [0.1, 0.15) is 12.5 Å². The standard InChI is InChI=1S/C15H13BrF2O2/c1-2-19-12-5-3-4-10(6-12)9-20-15-13(17)7-11(16)8-14(15)18/h3-8H,2,9H2,1H3. The van der Waals surface area contributed by atoms with Crippen molar-refractivity contribution in [1.29, 1.82) is 0 Å². The first-order chi connectivity index (χ1) is 9.60. The van der Waals surface area contributed by atoms with Crippen LogP contribution in [0.3, 0.4) is 0 Å². The SMILES string of the molecule is CCOc1cccc(COc2c(F)cc(Br)cc2F)c1. The second kappa shape index (κ2) is 6.70. The molecule has 2 nitrogen and oxygen atoms in total. The van der Waals surface area contributed by atoms with Crippen molar-refractivity contribution in [2.45, 2.75) is 13.5 Å². The number of ether oxygens (including phenoxy) is 2. The van der Waals surface area contributed by atoms with Crippen LogP contribution in [0, 0.1) is 11.6 Å². The Kier molecular flexibility index (Phi) is 4.95. The summed E-state index contributed by atoms with van der Waals surface area (Å²) in [7, 11) is 0. The normalized spacial score (nSPS) is 10.4. The molecule has 0 saturated carbocycles. The zero-order chi connectivity index (χ0) is 14.5. The highest BCUT2D eigenvalue weighted by Gasteiger charge is 2.12. The van der Waals surface area contributed by atoms with Crippen LogP contribution in [0.15, 0.2) is 40.9 Å². The molecule has 0 fully saturated rings. The van der Waals surface area contributed by atoms with Gasteiger partial charge in [0.25, 0.3) is 0 Å². The maximum atomic E-state index is 13.6. The van der Waals surface area contributed by atoms with Gasteiger partial charge in [-0.3, -0.25) is 0 Å². The Morgan fingerprint density at radius 2 is 1.75 bits per heavy atom. The molecule has 0 aromatic heterocycles. The quantitative estimate of drug-likeness (QED) is 0.783. The van der Waals surface area contributed by atoms with Crippen LogP contribution in [0.4, 0.5) is 8.78 Å². The molecule has 0 saturated heterocycles. The molecule has 106 valence electrons. The lowest BCUT2D eigenvalue weighted by molar-refractivity contribution is 0.272. The Bertz CT molecular complexity index is 579. The smallest absolute Gasteiger partial charge is 0.191 e. The summed E-state index contributed by atoms with van der Waals surface area (Å²) < 4.78 is 38.1. The molecular formula is C15H13BrF2O2. The molecular weight excluding hydrogens is 330 g/mol.